The molecule has 2 aromatic rings. The number of anilines is 3. The molecule has 1 aromatic carbocycles. The van der Waals surface area contributed by atoms with E-state index in [4.69, 9.17) is 11.0 Å². The summed E-state index contributed by atoms with van der Waals surface area (Å²) in [7, 11) is 0. The van der Waals surface area contributed by atoms with Crippen LogP contribution >= 0.6 is 0 Å². The highest BCUT2D eigenvalue weighted by molar-refractivity contribution is 5.71. The minimum atomic E-state index is 0.613. The number of nitrogens with one attached hydrogen (secondary N) is 1. The number of rotatable bonds is 4. The lowest BCUT2D eigenvalue weighted by Crippen LogP contribution is -2.05. The molecule has 0 radical (unpaired) electrons. The van der Waals surface area contributed by atoms with E-state index in [1.165, 1.54) is 0 Å². The van der Waals surface area contributed by atoms with Gasteiger partial charge in [0.1, 0.15) is 0 Å². The molecule has 0 unspecified atom stereocenters. The number of hydrogen-bond donors (Lipinski definition) is 2. The van der Waals surface area contributed by atoms with Crippen molar-refractivity contribution in [3.8, 4) is 6.07 Å². The first-order chi connectivity index (χ1) is 9.15. The van der Waals surface area contributed by atoms with E-state index >= 15 is 0 Å². The normalized spacial score (nSPS) is 10.2. The molecule has 2 rings (SSSR count). The first-order valence-corrected chi connectivity index (χ1v) is 6.25. The van der Waals surface area contributed by atoms with Gasteiger partial charge in [-0.1, -0.05) is 13.0 Å². The lowest BCUT2D eigenvalue weighted by atomic mass is 10.2. The molecule has 0 aliphatic heterocycles. The average molecular weight is 255 g/mol. The van der Waals surface area contributed by atoms with E-state index in [9.17, 15) is 0 Å². The van der Waals surface area contributed by atoms with Gasteiger partial charge in [-0.25, -0.2) is 4.68 Å². The van der Waals surface area contributed by atoms with Crippen LogP contribution in [0.2, 0.25) is 0 Å². The second kappa shape index (κ2) is 5.44. The van der Waals surface area contributed by atoms with Gasteiger partial charge in [0.2, 0.25) is 0 Å². The molecule has 0 aliphatic rings. The molecule has 0 spiro atoms. The van der Waals surface area contributed by atoms with Crippen LogP contribution in [0, 0.1) is 18.3 Å². The van der Waals surface area contributed by atoms with Crippen molar-refractivity contribution in [3.05, 3.63) is 35.5 Å². The molecule has 98 valence electrons. The van der Waals surface area contributed by atoms with E-state index in [-0.39, 0.29) is 0 Å². The Balaban J connectivity index is 2.34. The van der Waals surface area contributed by atoms with E-state index < -0.39 is 0 Å². The monoisotopic (exact) mass is 255 g/mol. The predicted octanol–water partition coefficient (Wildman–Crippen LogP) is 2.80. The maximum absolute atomic E-state index is 8.91. The summed E-state index contributed by atoms with van der Waals surface area (Å²) in [4.78, 5) is 0. The second-order valence-electron chi connectivity index (χ2n) is 4.39. The quantitative estimate of drug-likeness (QED) is 0.880. The third-order valence-corrected chi connectivity index (χ3v) is 2.86. The number of benzene rings is 1. The van der Waals surface area contributed by atoms with E-state index in [1.54, 1.807) is 12.1 Å². The van der Waals surface area contributed by atoms with E-state index in [0.717, 1.165) is 30.2 Å². The zero-order chi connectivity index (χ0) is 13.8. The zero-order valence-corrected chi connectivity index (χ0v) is 11.1. The number of nitriles is 1. The van der Waals surface area contributed by atoms with Gasteiger partial charge in [-0.05, 0) is 31.5 Å². The van der Waals surface area contributed by atoms with Crippen molar-refractivity contribution in [2.45, 2.75) is 26.8 Å². The number of nitrogens with zero attached hydrogens (tertiary/aromatic N) is 3. The van der Waals surface area contributed by atoms with Gasteiger partial charge >= 0.3 is 0 Å². The van der Waals surface area contributed by atoms with Crippen LogP contribution in [-0.2, 0) is 6.54 Å². The van der Waals surface area contributed by atoms with E-state index in [0.29, 0.717) is 11.3 Å². The van der Waals surface area contributed by atoms with Gasteiger partial charge in [-0.2, -0.15) is 10.4 Å². The van der Waals surface area contributed by atoms with Crippen molar-refractivity contribution in [2.24, 2.45) is 0 Å². The van der Waals surface area contributed by atoms with Crippen molar-refractivity contribution in [1.82, 2.24) is 9.78 Å². The smallest absolute Gasteiger partial charge is 0.152 e. The number of nitrogens with two attached hydrogens (primary N) is 1. The van der Waals surface area contributed by atoms with Crippen molar-refractivity contribution < 1.29 is 0 Å². The summed E-state index contributed by atoms with van der Waals surface area (Å²) >= 11 is 0. The molecule has 5 heteroatoms. The molecule has 0 fully saturated rings. The van der Waals surface area contributed by atoms with Crippen molar-refractivity contribution >= 4 is 17.2 Å². The molecule has 0 saturated carbocycles. The predicted molar refractivity (Wildman–Crippen MR) is 76.1 cm³/mol. The maximum atomic E-state index is 8.91. The number of nitrogen functional groups attached to an aromatic ring is 1. The summed E-state index contributed by atoms with van der Waals surface area (Å²) in [5.74, 6) is 0.787. The highest BCUT2D eigenvalue weighted by atomic mass is 15.3. The highest BCUT2D eigenvalue weighted by Gasteiger charge is 2.12. The third-order valence-electron chi connectivity index (χ3n) is 2.86. The molecule has 0 amide bonds. The maximum Gasteiger partial charge on any atom is 0.152 e. The largest absolute Gasteiger partial charge is 0.394 e. The van der Waals surface area contributed by atoms with Crippen molar-refractivity contribution in [2.75, 3.05) is 11.1 Å². The van der Waals surface area contributed by atoms with E-state index in [1.807, 2.05) is 23.7 Å². The number of hydrogen-bond acceptors (Lipinski definition) is 4. The summed E-state index contributed by atoms with van der Waals surface area (Å²) < 4.78 is 1.86. The Labute approximate surface area is 112 Å². The average Bonchev–Trinajstić information content (AvgIpc) is 2.67. The minimum Gasteiger partial charge on any atom is -0.394 e. The van der Waals surface area contributed by atoms with Crippen molar-refractivity contribution in [3.63, 3.8) is 0 Å². The lowest BCUT2D eigenvalue weighted by Gasteiger charge is -2.10. The summed E-state index contributed by atoms with van der Waals surface area (Å²) in [5, 5.41) is 16.6. The zero-order valence-electron chi connectivity index (χ0n) is 11.1. The highest BCUT2D eigenvalue weighted by Crippen LogP contribution is 2.26. The van der Waals surface area contributed by atoms with Gasteiger partial charge in [0.25, 0.3) is 0 Å². The van der Waals surface area contributed by atoms with Crippen molar-refractivity contribution in [1.29, 1.82) is 5.26 Å². The lowest BCUT2D eigenvalue weighted by molar-refractivity contribution is 0.605. The number of aryl methyl sites for hydroxylation is 2. The second-order valence-corrected chi connectivity index (χ2v) is 4.39. The molecule has 1 aromatic heterocycles. The Hall–Kier alpha value is -2.48. The molecular formula is C14H17N5. The summed E-state index contributed by atoms with van der Waals surface area (Å²) in [6, 6.07) is 9.42. The Morgan fingerprint density at radius 2 is 2.26 bits per heavy atom. The molecular weight excluding hydrogens is 238 g/mol. The fourth-order valence-corrected chi connectivity index (χ4v) is 1.90. The molecule has 5 nitrogen and oxygen atoms in total. The van der Waals surface area contributed by atoms with Crippen LogP contribution in [0.1, 0.15) is 24.6 Å². The summed E-state index contributed by atoms with van der Waals surface area (Å²) in [6.07, 6.45) is 0.980. The molecule has 0 atom stereocenters. The first kappa shape index (κ1) is 13.0. The Morgan fingerprint density at radius 1 is 1.47 bits per heavy atom. The standard InChI is InChI=1S/C14H17N5/c1-3-7-19-14(13(16)10(2)18-19)17-12-6-4-5-11(8-12)9-15/h4-6,8,17H,3,7,16H2,1-2H3. The van der Waals surface area contributed by atoms with Crippen LogP contribution in [-0.4, -0.2) is 9.78 Å². The van der Waals surface area contributed by atoms with Crippen LogP contribution in [0.25, 0.3) is 0 Å². The fraction of sp³-hybridized carbons (Fsp3) is 0.286. The molecule has 19 heavy (non-hydrogen) atoms. The van der Waals surface area contributed by atoms with Gasteiger partial charge in [0, 0.05) is 12.2 Å². The van der Waals surface area contributed by atoms with Gasteiger partial charge in [-0.15, -0.1) is 0 Å². The van der Waals surface area contributed by atoms with Gasteiger partial charge in [0.15, 0.2) is 5.82 Å². The Bertz CT molecular complexity index is 621. The molecule has 0 bridgehead atoms. The Morgan fingerprint density at radius 3 is 2.95 bits per heavy atom. The third kappa shape index (κ3) is 2.68. The van der Waals surface area contributed by atoms with E-state index in [2.05, 4.69) is 23.4 Å². The van der Waals surface area contributed by atoms with Gasteiger partial charge in [-0.3, -0.25) is 0 Å². The number of aromatic nitrogens is 2. The molecule has 3 N–H and O–H groups in total. The molecule has 0 aliphatic carbocycles. The van der Waals surface area contributed by atoms with Crippen LogP contribution in [0.4, 0.5) is 17.2 Å². The Kier molecular flexibility index (Phi) is 3.71. The van der Waals surface area contributed by atoms with Crippen LogP contribution in [0.5, 0.6) is 0 Å². The first-order valence-electron chi connectivity index (χ1n) is 6.25. The summed E-state index contributed by atoms with van der Waals surface area (Å²) in [5.41, 5.74) is 8.95. The summed E-state index contributed by atoms with van der Waals surface area (Å²) in [6.45, 7) is 4.78. The molecule has 1 heterocycles. The SMILES string of the molecule is CCCn1nc(C)c(N)c1Nc1cccc(C#N)c1. The molecule has 0 saturated heterocycles. The van der Waals surface area contributed by atoms with Gasteiger partial charge < -0.3 is 11.1 Å². The van der Waals surface area contributed by atoms with Crippen LogP contribution in [0.15, 0.2) is 24.3 Å². The van der Waals surface area contributed by atoms with Crippen LogP contribution in [0.3, 0.4) is 0 Å². The van der Waals surface area contributed by atoms with Gasteiger partial charge in [0.05, 0.1) is 23.0 Å². The minimum absolute atomic E-state index is 0.613. The fourth-order valence-electron chi connectivity index (χ4n) is 1.90. The van der Waals surface area contributed by atoms with Crippen LogP contribution < -0.4 is 11.1 Å². The topological polar surface area (TPSA) is 79.7 Å².